The number of rotatable bonds is 20. The van der Waals surface area contributed by atoms with Gasteiger partial charge in [-0.15, -0.1) is 0 Å². The van der Waals surface area contributed by atoms with E-state index in [2.05, 4.69) is 13.8 Å². The molecular formula is C30H48BaO8P2. The summed E-state index contributed by atoms with van der Waals surface area (Å²) in [5.41, 5.74) is 2.09. The van der Waals surface area contributed by atoms with E-state index in [1.165, 1.54) is 38.5 Å². The molecule has 0 saturated carbocycles. The summed E-state index contributed by atoms with van der Waals surface area (Å²) in [6, 6.07) is 13.7. The fraction of sp³-hybridized carbons (Fsp3) is 0.600. The first-order valence-corrected chi connectivity index (χ1v) is 17.4. The number of phosphoric ester groups is 2. The van der Waals surface area contributed by atoms with Crippen LogP contribution < -0.4 is 18.8 Å². The molecule has 0 radical (unpaired) electrons. The van der Waals surface area contributed by atoms with Gasteiger partial charge in [0.1, 0.15) is 11.5 Å². The van der Waals surface area contributed by atoms with Crippen molar-refractivity contribution in [3.8, 4) is 11.5 Å². The molecule has 0 aliphatic heterocycles. The summed E-state index contributed by atoms with van der Waals surface area (Å²) >= 11 is 0. The van der Waals surface area contributed by atoms with Crippen LogP contribution in [0.5, 0.6) is 11.5 Å². The molecule has 2 aromatic rings. The molecule has 2 aromatic carbocycles. The van der Waals surface area contributed by atoms with E-state index in [-0.39, 0.29) is 73.6 Å². The van der Waals surface area contributed by atoms with E-state index >= 15 is 0 Å². The van der Waals surface area contributed by atoms with Crippen molar-refractivity contribution in [1.29, 1.82) is 0 Å². The summed E-state index contributed by atoms with van der Waals surface area (Å²) < 4.78 is 42.7. The van der Waals surface area contributed by atoms with Crippen LogP contribution in [-0.4, -0.2) is 62.1 Å². The van der Waals surface area contributed by atoms with E-state index in [4.69, 9.17) is 18.1 Å². The zero-order valence-corrected chi connectivity index (χ0v) is 31.6. The average molecular weight is 736 g/mol. The fourth-order valence-electron chi connectivity index (χ4n) is 3.63. The van der Waals surface area contributed by atoms with Gasteiger partial charge in [0.25, 0.3) is 0 Å². The van der Waals surface area contributed by atoms with Gasteiger partial charge in [-0.25, -0.2) is 0 Å². The first-order chi connectivity index (χ1) is 19.1. The van der Waals surface area contributed by atoms with Crippen LogP contribution in [-0.2, 0) is 18.2 Å². The number of hydrogen-bond acceptors (Lipinski definition) is 8. The van der Waals surface area contributed by atoms with Crippen LogP contribution in [0.2, 0.25) is 0 Å². The molecule has 0 fully saturated rings. The van der Waals surface area contributed by atoms with Crippen LogP contribution in [0.4, 0.5) is 0 Å². The Hall–Kier alpha value is -0.0886. The number of benzene rings is 2. The van der Waals surface area contributed by atoms with Crippen LogP contribution in [0.3, 0.4) is 0 Å². The number of hydrogen-bond donors (Lipinski definition) is 0. The monoisotopic (exact) mass is 736 g/mol. The molecule has 2 unspecified atom stereocenters. The van der Waals surface area contributed by atoms with Gasteiger partial charge in [-0.3, -0.25) is 9.13 Å². The topological polar surface area (TPSA) is 117 Å². The first-order valence-electron chi connectivity index (χ1n) is 14.5. The van der Waals surface area contributed by atoms with Crippen molar-refractivity contribution in [2.24, 2.45) is 0 Å². The Morgan fingerprint density at radius 2 is 0.829 bits per heavy atom. The maximum atomic E-state index is 11.6. The van der Waals surface area contributed by atoms with Gasteiger partial charge in [-0.1, -0.05) is 113 Å². The number of aryl methyl sites for hydroxylation is 2. The maximum Gasteiger partial charge on any atom is 2.00 e. The van der Waals surface area contributed by atoms with Gasteiger partial charge in [0, 0.05) is 0 Å². The van der Waals surface area contributed by atoms with E-state index in [0.717, 1.165) is 49.7 Å². The van der Waals surface area contributed by atoms with E-state index < -0.39 is 15.6 Å². The smallest absolute Gasteiger partial charge is 0.746 e. The van der Waals surface area contributed by atoms with E-state index in [1.54, 1.807) is 48.5 Å². The molecule has 41 heavy (non-hydrogen) atoms. The summed E-state index contributed by atoms with van der Waals surface area (Å²) in [7, 11) is -8.48. The van der Waals surface area contributed by atoms with Crippen LogP contribution in [0.1, 0.15) is 102 Å². The summed E-state index contributed by atoms with van der Waals surface area (Å²) in [5, 5.41) is 0. The second-order valence-corrected chi connectivity index (χ2v) is 12.6. The molecule has 0 aromatic heterocycles. The summed E-state index contributed by atoms with van der Waals surface area (Å²) in [5.74, 6) is 0.578. The third-order valence-corrected chi connectivity index (χ3v) is 7.84. The standard InChI is InChI=1S/2C15H25O4P.Ba/c2*1-3-4-5-6-7-8-13-18-20(16,17)19-15-11-9-14(2)10-12-15;/h2*9-12H,3-8,13H2,1-2H3,(H,16,17);/q;;+2/p-2. The molecule has 228 valence electrons. The van der Waals surface area contributed by atoms with Gasteiger partial charge in [-0.05, 0) is 51.0 Å². The summed E-state index contributed by atoms with van der Waals surface area (Å²) in [4.78, 5) is 23.2. The van der Waals surface area contributed by atoms with E-state index in [9.17, 15) is 18.9 Å². The average Bonchev–Trinajstić information content (AvgIpc) is 2.90. The minimum atomic E-state index is -4.24. The van der Waals surface area contributed by atoms with Gasteiger partial charge in [0.15, 0.2) is 0 Å². The predicted molar refractivity (Wildman–Crippen MR) is 163 cm³/mol. The van der Waals surface area contributed by atoms with Crippen molar-refractivity contribution in [2.45, 2.75) is 105 Å². The van der Waals surface area contributed by atoms with Crippen LogP contribution in [0, 0.1) is 13.8 Å². The molecule has 0 saturated heterocycles. The van der Waals surface area contributed by atoms with Crippen molar-refractivity contribution in [3.05, 3.63) is 59.7 Å². The van der Waals surface area contributed by atoms with E-state index in [1.807, 2.05) is 13.8 Å². The second kappa shape index (κ2) is 24.3. The third kappa shape index (κ3) is 23.0. The molecule has 0 aliphatic rings. The Labute approximate surface area is 288 Å². The Morgan fingerprint density at radius 1 is 0.537 bits per heavy atom. The van der Waals surface area contributed by atoms with Crippen molar-refractivity contribution >= 4 is 64.5 Å². The van der Waals surface area contributed by atoms with Crippen LogP contribution >= 0.6 is 15.6 Å². The second-order valence-electron chi connectivity index (χ2n) is 9.91. The van der Waals surface area contributed by atoms with Gasteiger partial charge in [0.2, 0.25) is 0 Å². The Bertz CT molecular complexity index is 921. The SMILES string of the molecule is CCCCCCCCOP(=O)([O-])Oc1ccc(C)cc1.CCCCCCCCOP(=O)([O-])Oc1ccc(C)cc1.[Ba+2]. The van der Waals surface area contributed by atoms with Crippen molar-refractivity contribution in [2.75, 3.05) is 13.2 Å². The first kappa shape index (κ1) is 40.9. The Kier molecular flexibility index (Phi) is 24.2. The van der Waals surface area contributed by atoms with Gasteiger partial charge in [-0.2, -0.15) is 0 Å². The third-order valence-electron chi connectivity index (χ3n) is 5.97. The minimum absolute atomic E-state index is 0. The largest absolute Gasteiger partial charge is 2.00 e. The summed E-state index contributed by atoms with van der Waals surface area (Å²) in [6.07, 6.45) is 13.0. The van der Waals surface area contributed by atoms with Crippen molar-refractivity contribution in [3.63, 3.8) is 0 Å². The molecule has 0 aliphatic carbocycles. The van der Waals surface area contributed by atoms with Crippen molar-refractivity contribution < 1.29 is 37.0 Å². The van der Waals surface area contributed by atoms with Gasteiger partial charge >= 0.3 is 64.5 Å². The van der Waals surface area contributed by atoms with Crippen LogP contribution in [0.15, 0.2) is 48.5 Å². The molecule has 0 amide bonds. The molecule has 0 heterocycles. The number of unbranched alkanes of at least 4 members (excludes halogenated alkanes) is 10. The zero-order valence-electron chi connectivity index (χ0n) is 25.4. The van der Waals surface area contributed by atoms with Crippen LogP contribution in [0.25, 0.3) is 0 Å². The minimum Gasteiger partial charge on any atom is -0.746 e. The Morgan fingerprint density at radius 3 is 1.15 bits per heavy atom. The molecule has 2 rings (SSSR count). The zero-order chi connectivity index (χ0) is 29.7. The van der Waals surface area contributed by atoms with Crippen molar-refractivity contribution in [1.82, 2.24) is 0 Å². The predicted octanol–water partition coefficient (Wildman–Crippen LogP) is 8.06. The van der Waals surface area contributed by atoms with Gasteiger partial charge in [0.05, 0.1) is 13.2 Å². The molecule has 2 atom stereocenters. The molecule has 8 nitrogen and oxygen atoms in total. The molecule has 0 bridgehead atoms. The summed E-state index contributed by atoms with van der Waals surface area (Å²) in [6.45, 7) is 8.57. The molecule has 0 N–H and O–H groups in total. The maximum absolute atomic E-state index is 11.6. The normalized spacial score (nSPS) is 13.6. The molecule has 11 heteroatoms. The molecule has 0 spiro atoms. The number of phosphoric acid groups is 2. The molecular weight excluding hydrogens is 688 g/mol. The van der Waals surface area contributed by atoms with Gasteiger partial charge < -0.3 is 27.9 Å². The fourth-order valence-corrected chi connectivity index (χ4v) is 5.20. The quantitative estimate of drug-likeness (QED) is 0.0762. The van der Waals surface area contributed by atoms with E-state index in [0.29, 0.717) is 0 Å². The Balaban J connectivity index is 0.000000762.